The Bertz CT molecular complexity index is 768. The molecule has 3 fully saturated rings. The number of piperidine rings is 3. The quantitative estimate of drug-likeness (QED) is 0.884. The van der Waals surface area contributed by atoms with Gasteiger partial charge in [-0.3, -0.25) is 9.88 Å². The summed E-state index contributed by atoms with van der Waals surface area (Å²) in [5.41, 5.74) is 2.41. The Balaban J connectivity index is 1.51. The third kappa shape index (κ3) is 1.46. The first-order chi connectivity index (χ1) is 10.7. The summed E-state index contributed by atoms with van der Waals surface area (Å²) >= 11 is 0. The van der Waals surface area contributed by atoms with Crippen LogP contribution >= 0.6 is 0 Å². The number of para-hydroxylation sites is 1. The van der Waals surface area contributed by atoms with Crippen LogP contribution in [0.4, 0.5) is 0 Å². The zero-order valence-electron chi connectivity index (χ0n) is 12.5. The lowest BCUT2D eigenvalue weighted by Gasteiger charge is -2.37. The molecule has 1 aliphatic carbocycles. The van der Waals surface area contributed by atoms with Crippen molar-refractivity contribution in [3.8, 4) is 0 Å². The number of pyridine rings is 1. The third-order valence-electron chi connectivity index (χ3n) is 6.29. The Morgan fingerprint density at radius 1 is 1.32 bits per heavy atom. The van der Waals surface area contributed by atoms with E-state index in [0.717, 1.165) is 29.4 Å². The fourth-order valence-corrected chi connectivity index (χ4v) is 5.11. The molecule has 2 aromatic rings. The summed E-state index contributed by atoms with van der Waals surface area (Å²) in [7, 11) is 0. The van der Waals surface area contributed by atoms with E-state index >= 15 is 0 Å². The van der Waals surface area contributed by atoms with Crippen LogP contribution in [0.25, 0.3) is 10.9 Å². The number of fused-ring (bicyclic) bond motifs is 1. The van der Waals surface area contributed by atoms with Gasteiger partial charge >= 0.3 is 0 Å². The molecule has 2 saturated heterocycles. The Morgan fingerprint density at radius 2 is 2.18 bits per heavy atom. The first-order valence-electron chi connectivity index (χ1n) is 8.14. The SMILES string of the molecule is C=CC1CN2C3CC13C[C@H]2[C@H](O)c1ccnc2ccccc12. The molecule has 2 bridgehead atoms. The van der Waals surface area contributed by atoms with Gasteiger partial charge in [-0.2, -0.15) is 0 Å². The summed E-state index contributed by atoms with van der Waals surface area (Å²) in [6.45, 7) is 5.07. The van der Waals surface area contributed by atoms with Crippen molar-refractivity contribution in [1.82, 2.24) is 9.88 Å². The van der Waals surface area contributed by atoms with Gasteiger partial charge in [-0.1, -0.05) is 24.3 Å². The van der Waals surface area contributed by atoms with Gasteiger partial charge in [0.2, 0.25) is 0 Å². The number of hydrogen-bond acceptors (Lipinski definition) is 3. The molecule has 0 spiro atoms. The van der Waals surface area contributed by atoms with E-state index in [1.165, 1.54) is 6.42 Å². The minimum atomic E-state index is -0.427. The molecule has 4 unspecified atom stereocenters. The smallest absolute Gasteiger partial charge is 0.0952 e. The molecule has 3 nitrogen and oxygen atoms in total. The number of benzene rings is 1. The molecule has 112 valence electrons. The standard InChI is InChI=1S/C19H20N2O/c1-2-12-11-21-16(9-19(12)10-17(19)21)18(22)14-7-8-20-15-6-4-3-5-13(14)15/h2-8,12,16-18,22H,1,9-11H2/t12?,16-,17?,18+,19?/m0/s1. The molecule has 3 aliphatic rings. The number of hydrogen-bond donors (Lipinski definition) is 1. The van der Waals surface area contributed by atoms with Crippen LogP contribution in [0, 0.1) is 11.3 Å². The predicted octanol–water partition coefficient (Wildman–Crippen LogP) is 2.92. The van der Waals surface area contributed by atoms with Gasteiger partial charge in [0.15, 0.2) is 0 Å². The number of rotatable bonds is 3. The zero-order valence-corrected chi connectivity index (χ0v) is 12.5. The summed E-state index contributed by atoms with van der Waals surface area (Å²) in [5, 5.41) is 12.1. The van der Waals surface area contributed by atoms with Crippen molar-refractivity contribution in [3.63, 3.8) is 0 Å². The molecule has 0 amide bonds. The molecule has 2 aliphatic heterocycles. The van der Waals surface area contributed by atoms with Gasteiger partial charge in [-0.25, -0.2) is 0 Å². The highest BCUT2D eigenvalue weighted by atomic mass is 16.3. The summed E-state index contributed by atoms with van der Waals surface area (Å²) in [5.74, 6) is 0.620. The minimum absolute atomic E-state index is 0.251. The van der Waals surface area contributed by atoms with Gasteiger partial charge < -0.3 is 5.11 Å². The Labute approximate surface area is 130 Å². The molecule has 1 aromatic carbocycles. The first-order valence-corrected chi connectivity index (χ1v) is 8.14. The van der Waals surface area contributed by atoms with Gasteiger partial charge in [0.05, 0.1) is 11.6 Å². The molecule has 3 heterocycles. The van der Waals surface area contributed by atoms with Crippen LogP contribution in [0.15, 0.2) is 49.2 Å². The summed E-state index contributed by atoms with van der Waals surface area (Å²) in [6.07, 6.45) is 5.92. The number of nitrogens with zero attached hydrogens (tertiary/aromatic N) is 2. The van der Waals surface area contributed by atoms with E-state index in [1.807, 2.05) is 30.5 Å². The van der Waals surface area contributed by atoms with E-state index in [9.17, 15) is 5.11 Å². The van der Waals surface area contributed by atoms with Crippen LogP contribution in [0.3, 0.4) is 0 Å². The topological polar surface area (TPSA) is 36.4 Å². The molecular weight excluding hydrogens is 272 g/mol. The summed E-state index contributed by atoms with van der Waals surface area (Å²) in [6, 6.07) is 11.0. The van der Waals surface area contributed by atoms with Crippen LogP contribution in [0.1, 0.15) is 24.5 Å². The molecule has 22 heavy (non-hydrogen) atoms. The van der Waals surface area contributed by atoms with E-state index in [1.54, 1.807) is 0 Å². The molecule has 6 atom stereocenters. The maximum atomic E-state index is 11.0. The second-order valence-corrected chi connectivity index (χ2v) is 7.13. The van der Waals surface area contributed by atoms with Crippen LogP contribution < -0.4 is 0 Å². The first kappa shape index (κ1) is 12.8. The van der Waals surface area contributed by atoms with Gasteiger partial charge in [0.25, 0.3) is 0 Å². The van der Waals surface area contributed by atoms with E-state index in [2.05, 4.69) is 28.6 Å². The van der Waals surface area contributed by atoms with Crippen molar-refractivity contribution >= 4 is 10.9 Å². The molecule has 3 heteroatoms. The van der Waals surface area contributed by atoms with Crippen LogP contribution in [0.2, 0.25) is 0 Å². The van der Waals surface area contributed by atoms with Gasteiger partial charge in [0, 0.05) is 30.2 Å². The lowest BCUT2D eigenvalue weighted by molar-refractivity contribution is 0.0378. The normalized spacial score (nSPS) is 39.7. The zero-order chi connectivity index (χ0) is 14.9. The number of aliphatic hydroxyl groups excluding tert-OH is 1. The highest BCUT2D eigenvalue weighted by molar-refractivity contribution is 5.82. The Morgan fingerprint density at radius 3 is 2.95 bits per heavy atom. The fraction of sp³-hybridized carbons (Fsp3) is 0.421. The van der Waals surface area contributed by atoms with Gasteiger partial charge in [0.1, 0.15) is 0 Å². The van der Waals surface area contributed by atoms with Gasteiger partial charge in [-0.05, 0) is 41.9 Å². The second kappa shape index (κ2) is 4.18. The van der Waals surface area contributed by atoms with Crippen LogP contribution in [0.5, 0.6) is 0 Å². The van der Waals surface area contributed by atoms with E-state index in [0.29, 0.717) is 17.4 Å². The summed E-state index contributed by atoms with van der Waals surface area (Å²) < 4.78 is 0. The van der Waals surface area contributed by atoms with Crippen LogP contribution in [-0.2, 0) is 0 Å². The predicted molar refractivity (Wildman–Crippen MR) is 86.3 cm³/mol. The number of aromatic nitrogens is 1. The second-order valence-electron chi connectivity index (χ2n) is 7.13. The molecule has 1 N–H and O–H groups in total. The minimum Gasteiger partial charge on any atom is -0.387 e. The van der Waals surface area contributed by atoms with Crippen molar-refractivity contribution < 1.29 is 5.11 Å². The molecular formula is C19H20N2O. The van der Waals surface area contributed by atoms with Gasteiger partial charge in [-0.15, -0.1) is 6.58 Å². The van der Waals surface area contributed by atoms with E-state index < -0.39 is 6.10 Å². The summed E-state index contributed by atoms with van der Waals surface area (Å²) in [4.78, 5) is 6.94. The Hall–Kier alpha value is -1.71. The molecule has 1 aromatic heterocycles. The van der Waals surface area contributed by atoms with Crippen molar-refractivity contribution in [2.24, 2.45) is 11.3 Å². The third-order valence-corrected chi connectivity index (χ3v) is 6.29. The van der Waals surface area contributed by atoms with E-state index in [-0.39, 0.29) is 6.04 Å². The number of aliphatic hydroxyl groups is 1. The van der Waals surface area contributed by atoms with Crippen molar-refractivity contribution in [1.29, 1.82) is 0 Å². The van der Waals surface area contributed by atoms with Crippen molar-refractivity contribution in [3.05, 3.63) is 54.7 Å². The molecule has 1 saturated carbocycles. The molecule has 0 radical (unpaired) electrons. The Kier molecular flexibility index (Phi) is 2.43. The lowest BCUT2D eigenvalue weighted by Crippen LogP contribution is -2.42. The average Bonchev–Trinajstić information content (AvgIpc) is 3.10. The average molecular weight is 292 g/mol. The lowest BCUT2D eigenvalue weighted by atomic mass is 9.80. The van der Waals surface area contributed by atoms with Crippen LogP contribution in [-0.4, -0.2) is 33.6 Å². The van der Waals surface area contributed by atoms with Crippen molar-refractivity contribution in [2.75, 3.05) is 6.54 Å². The highest BCUT2D eigenvalue weighted by Crippen LogP contribution is 2.70. The largest absolute Gasteiger partial charge is 0.387 e. The van der Waals surface area contributed by atoms with E-state index in [4.69, 9.17) is 0 Å². The maximum Gasteiger partial charge on any atom is 0.0952 e. The molecule has 5 rings (SSSR count). The highest BCUT2D eigenvalue weighted by Gasteiger charge is 2.72. The monoisotopic (exact) mass is 292 g/mol. The fourth-order valence-electron chi connectivity index (χ4n) is 5.11. The maximum absolute atomic E-state index is 11.0. The van der Waals surface area contributed by atoms with Crippen molar-refractivity contribution in [2.45, 2.75) is 31.0 Å².